The van der Waals surface area contributed by atoms with Crippen LogP contribution in [-0.2, 0) is 9.84 Å². The Morgan fingerprint density at radius 2 is 1.67 bits per heavy atom. The van der Waals surface area contributed by atoms with Crippen molar-refractivity contribution in [1.29, 1.82) is 0 Å². The van der Waals surface area contributed by atoms with Gasteiger partial charge in [-0.05, 0) is 36.4 Å². The number of hydrogen-bond donors (Lipinski definition) is 0. The van der Waals surface area contributed by atoms with E-state index < -0.39 is 9.84 Å². The minimum atomic E-state index is -3.27. The Bertz CT molecular complexity index is 796. The summed E-state index contributed by atoms with van der Waals surface area (Å²) in [5.41, 5.74) is 0. The highest BCUT2D eigenvalue weighted by Gasteiger charge is 2.25. The van der Waals surface area contributed by atoms with Crippen LogP contribution < -0.4 is 0 Å². The lowest BCUT2D eigenvalue weighted by atomic mass is 10.1. The lowest BCUT2D eigenvalue weighted by Gasteiger charge is -2.37. The third-order valence-electron chi connectivity index (χ3n) is 5.02. The Kier molecular flexibility index (Phi) is 5.23. The van der Waals surface area contributed by atoms with Crippen LogP contribution in [0.5, 0.6) is 0 Å². The van der Waals surface area contributed by atoms with Crippen LogP contribution in [0.15, 0.2) is 47.4 Å². The molecule has 0 N–H and O–H groups in total. The molecular weight excluding hydrogens is 320 g/mol. The third kappa shape index (κ3) is 3.79. The maximum Gasteiger partial charge on any atom is 0.179 e. The van der Waals surface area contributed by atoms with Crippen LogP contribution in [0.2, 0.25) is 0 Å². The maximum absolute atomic E-state index is 12.8. The van der Waals surface area contributed by atoms with E-state index in [1.54, 1.807) is 12.1 Å². The van der Waals surface area contributed by atoms with Crippen LogP contribution in [0.25, 0.3) is 10.8 Å². The average Bonchev–Trinajstić information content (AvgIpc) is 2.61. The quantitative estimate of drug-likeness (QED) is 0.834. The van der Waals surface area contributed by atoms with E-state index in [9.17, 15) is 8.42 Å². The summed E-state index contributed by atoms with van der Waals surface area (Å²) in [6.07, 6.45) is 0. The Balaban J connectivity index is 1.72. The molecule has 0 aromatic heterocycles. The van der Waals surface area contributed by atoms with E-state index in [0.717, 1.165) is 43.5 Å². The highest BCUT2D eigenvalue weighted by molar-refractivity contribution is 7.91. The fourth-order valence-electron chi connectivity index (χ4n) is 3.40. The normalized spacial score (nSPS) is 18.8. The molecule has 2 aromatic rings. The molecule has 4 nitrogen and oxygen atoms in total. The Hall–Kier alpha value is -1.43. The van der Waals surface area contributed by atoms with E-state index in [1.807, 2.05) is 37.3 Å². The van der Waals surface area contributed by atoms with Gasteiger partial charge in [0.2, 0.25) is 0 Å². The molecule has 3 rings (SSSR count). The number of fused-ring (bicyclic) bond motifs is 1. The minimum absolute atomic E-state index is 0.0421. The molecule has 0 radical (unpaired) electrons. The van der Waals surface area contributed by atoms with E-state index in [1.165, 1.54) is 0 Å². The number of benzene rings is 2. The van der Waals surface area contributed by atoms with Gasteiger partial charge < -0.3 is 4.90 Å². The first kappa shape index (κ1) is 17.4. The van der Waals surface area contributed by atoms with Gasteiger partial charge in [0.25, 0.3) is 0 Å². The van der Waals surface area contributed by atoms with Crippen LogP contribution in [0.3, 0.4) is 0 Å². The first-order valence-corrected chi connectivity index (χ1v) is 10.3. The van der Waals surface area contributed by atoms with Gasteiger partial charge >= 0.3 is 0 Å². The van der Waals surface area contributed by atoms with Gasteiger partial charge in [0, 0.05) is 32.2 Å². The van der Waals surface area contributed by atoms with E-state index in [4.69, 9.17) is 0 Å². The van der Waals surface area contributed by atoms with Gasteiger partial charge in [-0.15, -0.1) is 0 Å². The molecule has 0 bridgehead atoms. The highest BCUT2D eigenvalue weighted by atomic mass is 32.2. The molecule has 0 amide bonds. The van der Waals surface area contributed by atoms with E-state index in [2.05, 4.69) is 16.7 Å². The summed E-state index contributed by atoms with van der Waals surface area (Å²) >= 11 is 0. The van der Waals surface area contributed by atoms with E-state index in [0.29, 0.717) is 4.90 Å². The lowest BCUT2D eigenvalue weighted by molar-refractivity contribution is 0.113. The van der Waals surface area contributed by atoms with Crippen molar-refractivity contribution in [1.82, 2.24) is 9.80 Å². The second-order valence-electron chi connectivity index (χ2n) is 6.61. The molecule has 1 unspecified atom stereocenters. The molecule has 1 saturated heterocycles. The Morgan fingerprint density at radius 1 is 1.00 bits per heavy atom. The average molecular weight is 346 g/mol. The summed E-state index contributed by atoms with van der Waals surface area (Å²) in [5, 5.41) is 2.04. The van der Waals surface area contributed by atoms with Crippen molar-refractivity contribution >= 4 is 20.6 Å². The summed E-state index contributed by atoms with van der Waals surface area (Å²) in [6.45, 7) is 9.21. The van der Waals surface area contributed by atoms with Crippen molar-refractivity contribution in [3.63, 3.8) is 0 Å². The Labute approximate surface area is 145 Å². The molecule has 5 heteroatoms. The second-order valence-corrected chi connectivity index (χ2v) is 8.64. The summed E-state index contributed by atoms with van der Waals surface area (Å²) in [7, 11) is -3.27. The van der Waals surface area contributed by atoms with Gasteiger partial charge in [0.05, 0.1) is 10.6 Å². The number of nitrogens with zero attached hydrogens (tertiary/aromatic N) is 2. The van der Waals surface area contributed by atoms with E-state index in [-0.39, 0.29) is 11.8 Å². The Morgan fingerprint density at radius 3 is 2.33 bits per heavy atom. The molecule has 1 atom stereocenters. The molecule has 130 valence electrons. The standard InChI is InChI=1S/C19H26N2O2S/c1-3-20-10-12-21(13-11-20)16(2)15-24(22,23)19-9-8-17-6-4-5-7-18(17)14-19/h4-9,14,16H,3,10-13,15H2,1-2H3. The lowest BCUT2D eigenvalue weighted by Crippen LogP contribution is -2.50. The zero-order valence-electron chi connectivity index (χ0n) is 14.5. The molecule has 0 saturated carbocycles. The van der Waals surface area contributed by atoms with Crippen molar-refractivity contribution in [2.45, 2.75) is 24.8 Å². The summed E-state index contributed by atoms with van der Waals surface area (Å²) in [6, 6.07) is 13.3. The molecule has 0 aliphatic carbocycles. The largest absolute Gasteiger partial charge is 0.301 e. The highest BCUT2D eigenvalue weighted by Crippen LogP contribution is 2.21. The second kappa shape index (κ2) is 7.21. The molecule has 1 aliphatic rings. The smallest absolute Gasteiger partial charge is 0.179 e. The maximum atomic E-state index is 12.8. The van der Waals surface area contributed by atoms with Crippen molar-refractivity contribution < 1.29 is 8.42 Å². The van der Waals surface area contributed by atoms with Crippen LogP contribution in [0.4, 0.5) is 0 Å². The number of hydrogen-bond acceptors (Lipinski definition) is 4. The van der Waals surface area contributed by atoms with Crippen molar-refractivity contribution in [2.24, 2.45) is 0 Å². The predicted octanol–water partition coefficient (Wildman–Crippen LogP) is 2.64. The van der Waals surface area contributed by atoms with Gasteiger partial charge in [-0.25, -0.2) is 8.42 Å². The van der Waals surface area contributed by atoms with Crippen LogP contribution in [-0.4, -0.2) is 62.7 Å². The summed E-state index contributed by atoms with van der Waals surface area (Å²) in [4.78, 5) is 5.13. The molecule has 24 heavy (non-hydrogen) atoms. The molecule has 1 aliphatic heterocycles. The molecule has 1 fully saturated rings. The fraction of sp³-hybridized carbons (Fsp3) is 0.474. The zero-order valence-corrected chi connectivity index (χ0v) is 15.3. The van der Waals surface area contributed by atoms with Gasteiger partial charge in [-0.2, -0.15) is 0 Å². The summed E-state index contributed by atoms with van der Waals surface area (Å²) < 4.78 is 25.6. The first-order chi connectivity index (χ1) is 11.5. The van der Waals surface area contributed by atoms with Crippen LogP contribution in [0.1, 0.15) is 13.8 Å². The molecule has 0 spiro atoms. The molecule has 1 heterocycles. The predicted molar refractivity (Wildman–Crippen MR) is 99.1 cm³/mol. The summed E-state index contributed by atoms with van der Waals surface area (Å²) in [5.74, 6) is 0.178. The SMILES string of the molecule is CCN1CCN(C(C)CS(=O)(=O)c2ccc3ccccc3c2)CC1. The van der Waals surface area contributed by atoms with Crippen molar-refractivity contribution in [3.05, 3.63) is 42.5 Å². The van der Waals surface area contributed by atoms with Gasteiger partial charge in [-0.1, -0.05) is 37.3 Å². The van der Waals surface area contributed by atoms with Gasteiger partial charge in [0.1, 0.15) is 0 Å². The topological polar surface area (TPSA) is 40.6 Å². The van der Waals surface area contributed by atoms with Gasteiger partial charge in [0.15, 0.2) is 9.84 Å². The minimum Gasteiger partial charge on any atom is -0.301 e. The number of piperazine rings is 1. The molecular formula is C19H26N2O2S. The zero-order chi connectivity index (χ0) is 17.2. The first-order valence-electron chi connectivity index (χ1n) is 8.67. The van der Waals surface area contributed by atoms with Crippen LogP contribution in [0, 0.1) is 0 Å². The third-order valence-corrected chi connectivity index (χ3v) is 6.91. The monoisotopic (exact) mass is 346 g/mol. The number of likely N-dealkylation sites (N-methyl/N-ethyl adjacent to an activating group) is 1. The van der Waals surface area contributed by atoms with Gasteiger partial charge in [-0.3, -0.25) is 4.90 Å². The number of sulfone groups is 1. The van der Waals surface area contributed by atoms with Crippen molar-refractivity contribution in [2.75, 3.05) is 38.5 Å². The number of rotatable bonds is 5. The molecule has 2 aromatic carbocycles. The van der Waals surface area contributed by atoms with Crippen molar-refractivity contribution in [3.8, 4) is 0 Å². The van der Waals surface area contributed by atoms with Crippen LogP contribution >= 0.6 is 0 Å². The van der Waals surface area contributed by atoms with E-state index >= 15 is 0 Å². The fourth-order valence-corrected chi connectivity index (χ4v) is 5.02.